The molecule has 0 bridgehead atoms. The third-order valence-electron chi connectivity index (χ3n) is 5.81. The molecule has 1 atom stereocenters. The Hall–Kier alpha value is -2.08. The summed E-state index contributed by atoms with van der Waals surface area (Å²) in [6, 6.07) is 7.50. The van der Waals surface area contributed by atoms with E-state index in [-0.39, 0.29) is 0 Å². The topological polar surface area (TPSA) is 57.0 Å². The molecule has 0 radical (unpaired) electrons. The second-order valence-corrected chi connectivity index (χ2v) is 7.62. The van der Waals surface area contributed by atoms with Crippen molar-refractivity contribution in [1.82, 2.24) is 24.9 Å². The Balaban J connectivity index is 1.31. The zero-order valence-corrected chi connectivity index (χ0v) is 15.9. The molecule has 0 amide bonds. The number of rotatable bonds is 4. The van der Waals surface area contributed by atoms with Gasteiger partial charge < -0.3 is 15.0 Å². The van der Waals surface area contributed by atoms with Crippen molar-refractivity contribution in [3.8, 4) is 0 Å². The molecule has 26 heavy (non-hydrogen) atoms. The van der Waals surface area contributed by atoms with Crippen LogP contribution < -0.4 is 10.6 Å². The van der Waals surface area contributed by atoms with Gasteiger partial charge in [0, 0.05) is 44.1 Å². The lowest BCUT2D eigenvalue weighted by Gasteiger charge is -2.24. The zero-order valence-electron chi connectivity index (χ0n) is 15.9. The Morgan fingerprint density at radius 1 is 1.27 bits per heavy atom. The number of hydrogen-bond acceptors (Lipinski definition) is 3. The summed E-state index contributed by atoms with van der Waals surface area (Å²) in [5.74, 6) is 0.872. The molecule has 0 spiro atoms. The molecule has 140 valence electrons. The van der Waals surface area contributed by atoms with Crippen molar-refractivity contribution < 1.29 is 0 Å². The van der Waals surface area contributed by atoms with Crippen LogP contribution in [-0.2, 0) is 6.54 Å². The maximum atomic E-state index is 4.69. The first-order valence-corrected chi connectivity index (χ1v) is 9.88. The maximum absolute atomic E-state index is 4.69. The highest BCUT2D eigenvalue weighted by Crippen LogP contribution is 2.26. The number of aliphatic imine (C=N–C) groups is 1. The van der Waals surface area contributed by atoms with Crippen LogP contribution in [-0.4, -0.2) is 52.5 Å². The number of imidazole rings is 1. The second kappa shape index (κ2) is 7.66. The van der Waals surface area contributed by atoms with Crippen LogP contribution in [0.5, 0.6) is 0 Å². The molecular weight excluding hydrogens is 324 g/mol. The molecule has 6 heteroatoms. The van der Waals surface area contributed by atoms with Gasteiger partial charge >= 0.3 is 0 Å². The van der Waals surface area contributed by atoms with E-state index >= 15 is 0 Å². The number of guanidine groups is 1. The molecule has 1 aliphatic heterocycles. The molecule has 2 N–H and O–H groups in total. The van der Waals surface area contributed by atoms with E-state index in [1.165, 1.54) is 44.3 Å². The predicted molar refractivity (Wildman–Crippen MR) is 105 cm³/mol. The summed E-state index contributed by atoms with van der Waals surface area (Å²) in [4.78, 5) is 11.8. The van der Waals surface area contributed by atoms with E-state index in [1.54, 1.807) is 0 Å². The lowest BCUT2D eigenvalue weighted by atomic mass is 10.2. The van der Waals surface area contributed by atoms with E-state index in [9.17, 15) is 0 Å². The van der Waals surface area contributed by atoms with Gasteiger partial charge in [0.2, 0.25) is 0 Å². The van der Waals surface area contributed by atoms with Crippen LogP contribution in [0.2, 0.25) is 0 Å². The van der Waals surface area contributed by atoms with E-state index in [0.29, 0.717) is 12.6 Å². The van der Waals surface area contributed by atoms with Crippen molar-refractivity contribution in [3.63, 3.8) is 0 Å². The highest BCUT2D eigenvalue weighted by molar-refractivity contribution is 5.80. The van der Waals surface area contributed by atoms with Crippen molar-refractivity contribution in [1.29, 1.82) is 0 Å². The van der Waals surface area contributed by atoms with Gasteiger partial charge in [-0.3, -0.25) is 9.89 Å². The molecule has 0 aromatic carbocycles. The highest BCUT2D eigenvalue weighted by Gasteiger charge is 2.30. The third kappa shape index (κ3) is 3.70. The van der Waals surface area contributed by atoms with Gasteiger partial charge in [-0.05, 0) is 38.3 Å². The smallest absolute Gasteiger partial charge is 0.191 e. The highest BCUT2D eigenvalue weighted by atomic mass is 15.3. The van der Waals surface area contributed by atoms with Gasteiger partial charge in [-0.25, -0.2) is 4.98 Å². The summed E-state index contributed by atoms with van der Waals surface area (Å²) in [5, 5.41) is 7.02. The summed E-state index contributed by atoms with van der Waals surface area (Å²) in [6.45, 7) is 5.13. The second-order valence-electron chi connectivity index (χ2n) is 7.62. The molecule has 3 heterocycles. The molecule has 4 rings (SSSR count). The van der Waals surface area contributed by atoms with Gasteiger partial charge in [0.15, 0.2) is 5.96 Å². The van der Waals surface area contributed by atoms with Crippen molar-refractivity contribution in [2.24, 2.45) is 4.99 Å². The number of nitrogens with one attached hydrogen (secondary N) is 2. The number of aromatic nitrogens is 2. The van der Waals surface area contributed by atoms with Crippen molar-refractivity contribution in [3.05, 3.63) is 35.8 Å². The Morgan fingerprint density at radius 3 is 2.88 bits per heavy atom. The largest absolute Gasteiger partial charge is 0.352 e. The molecule has 1 unspecified atom stereocenters. The molecule has 6 nitrogen and oxygen atoms in total. The minimum atomic E-state index is 0.491. The number of pyridine rings is 1. The SMILES string of the molecule is CN=C(NCc1cn2c(C)cccc2n1)NC1CCN(C2CCCC2)C1. The predicted octanol–water partition coefficient (Wildman–Crippen LogP) is 2.32. The normalized spacial score (nSPS) is 22.4. The number of nitrogens with zero attached hydrogens (tertiary/aromatic N) is 4. The maximum Gasteiger partial charge on any atom is 0.191 e. The Labute approximate surface area is 155 Å². The van der Waals surface area contributed by atoms with E-state index in [2.05, 4.69) is 49.1 Å². The monoisotopic (exact) mass is 354 g/mol. The fourth-order valence-corrected chi connectivity index (χ4v) is 4.35. The van der Waals surface area contributed by atoms with Gasteiger partial charge in [0.05, 0.1) is 12.2 Å². The standard InChI is InChI=1S/C20H30N6/c1-15-6-5-9-19-23-17(14-26(15)19)12-22-20(21-2)24-16-10-11-25(13-16)18-7-3-4-8-18/h5-6,9,14,16,18H,3-4,7-8,10-13H2,1-2H3,(H2,21,22,24). The van der Waals surface area contributed by atoms with Crippen LogP contribution in [0.4, 0.5) is 0 Å². The van der Waals surface area contributed by atoms with Crippen molar-refractivity contribution in [2.45, 2.75) is 57.7 Å². The fraction of sp³-hybridized carbons (Fsp3) is 0.600. The molecule has 2 aromatic heterocycles. The van der Waals surface area contributed by atoms with Gasteiger partial charge in [0.1, 0.15) is 5.65 Å². The summed E-state index contributed by atoms with van der Waals surface area (Å²) in [6.07, 6.45) is 8.87. The van der Waals surface area contributed by atoms with E-state index < -0.39 is 0 Å². The minimum absolute atomic E-state index is 0.491. The summed E-state index contributed by atoms with van der Waals surface area (Å²) >= 11 is 0. The van der Waals surface area contributed by atoms with Crippen LogP contribution in [0.25, 0.3) is 5.65 Å². The first-order valence-electron chi connectivity index (χ1n) is 9.88. The lowest BCUT2D eigenvalue weighted by molar-refractivity contribution is 0.242. The first-order chi connectivity index (χ1) is 12.7. The Morgan fingerprint density at radius 2 is 2.12 bits per heavy atom. The number of likely N-dealkylation sites (tertiary alicyclic amines) is 1. The van der Waals surface area contributed by atoms with Crippen LogP contribution in [0.15, 0.2) is 29.4 Å². The molecule has 2 aliphatic rings. The van der Waals surface area contributed by atoms with E-state index in [1.807, 2.05) is 19.2 Å². The van der Waals surface area contributed by atoms with E-state index in [4.69, 9.17) is 0 Å². The van der Waals surface area contributed by atoms with Crippen molar-refractivity contribution >= 4 is 11.6 Å². The average Bonchev–Trinajstić information content (AvgIpc) is 3.38. The average molecular weight is 355 g/mol. The number of aryl methyl sites for hydroxylation is 1. The number of fused-ring (bicyclic) bond motifs is 1. The third-order valence-corrected chi connectivity index (χ3v) is 5.81. The zero-order chi connectivity index (χ0) is 17.9. The molecule has 1 aliphatic carbocycles. The van der Waals surface area contributed by atoms with Gasteiger partial charge in [-0.15, -0.1) is 0 Å². The van der Waals surface area contributed by atoms with E-state index in [0.717, 1.165) is 29.9 Å². The molecular formula is C20H30N6. The van der Waals surface area contributed by atoms with Crippen LogP contribution in [0, 0.1) is 6.92 Å². The molecule has 2 fully saturated rings. The summed E-state index contributed by atoms with van der Waals surface area (Å²) < 4.78 is 2.13. The Bertz CT molecular complexity index is 774. The molecule has 1 saturated heterocycles. The van der Waals surface area contributed by atoms with Crippen molar-refractivity contribution in [2.75, 3.05) is 20.1 Å². The van der Waals surface area contributed by atoms with Gasteiger partial charge in [-0.2, -0.15) is 0 Å². The number of hydrogen-bond donors (Lipinski definition) is 2. The van der Waals surface area contributed by atoms with Crippen LogP contribution >= 0.6 is 0 Å². The van der Waals surface area contributed by atoms with Gasteiger partial charge in [0.25, 0.3) is 0 Å². The Kier molecular flexibility index (Phi) is 5.11. The fourth-order valence-electron chi connectivity index (χ4n) is 4.35. The lowest BCUT2D eigenvalue weighted by Crippen LogP contribution is -2.45. The van der Waals surface area contributed by atoms with Crippen LogP contribution in [0.1, 0.15) is 43.5 Å². The summed E-state index contributed by atoms with van der Waals surface area (Å²) in [7, 11) is 1.84. The first kappa shape index (κ1) is 17.3. The summed E-state index contributed by atoms with van der Waals surface area (Å²) in [5.41, 5.74) is 3.22. The van der Waals surface area contributed by atoms with Gasteiger partial charge in [-0.1, -0.05) is 18.9 Å². The molecule has 1 saturated carbocycles. The molecule has 2 aromatic rings. The minimum Gasteiger partial charge on any atom is -0.352 e. The quantitative estimate of drug-likeness (QED) is 0.654. The van der Waals surface area contributed by atoms with Crippen LogP contribution in [0.3, 0.4) is 0 Å².